The van der Waals surface area contributed by atoms with Crippen LogP contribution in [0.15, 0.2) is 127 Å². The highest BCUT2D eigenvalue weighted by Crippen LogP contribution is 2.17. The van der Waals surface area contributed by atoms with E-state index in [9.17, 15) is 0 Å². The van der Waals surface area contributed by atoms with E-state index in [4.69, 9.17) is 20.9 Å². The second-order valence-electron chi connectivity index (χ2n) is 9.60. The van der Waals surface area contributed by atoms with Crippen LogP contribution in [0.5, 0.6) is 11.5 Å². The van der Waals surface area contributed by atoms with Crippen molar-refractivity contribution in [2.24, 2.45) is 0 Å². The Hall–Kier alpha value is -4.48. The lowest BCUT2D eigenvalue weighted by Gasteiger charge is -2.30. The first-order valence-electron chi connectivity index (χ1n) is 12.7. The molecule has 0 unspecified atom stereocenters. The Kier molecular flexibility index (Phi) is 7.47. The Morgan fingerprint density at radius 2 is 0.842 bits per heavy atom. The van der Waals surface area contributed by atoms with Crippen LogP contribution >= 0.6 is 0 Å². The molecule has 38 heavy (non-hydrogen) atoms. The van der Waals surface area contributed by atoms with Gasteiger partial charge in [-0.05, 0) is 75.2 Å². The van der Waals surface area contributed by atoms with E-state index in [0.29, 0.717) is 13.2 Å². The molecule has 0 heterocycles. The number of nitrogen functional groups attached to an aromatic ring is 2. The monoisotopic (exact) mass is 516 g/mol. The Morgan fingerprint density at radius 1 is 0.474 bits per heavy atom. The molecule has 0 fully saturated rings. The molecule has 0 saturated carbocycles. The largest absolute Gasteiger partial charge is 0.489 e. The fourth-order valence-corrected chi connectivity index (χ4v) is 8.13. The van der Waals surface area contributed by atoms with Crippen molar-refractivity contribution < 1.29 is 9.47 Å². The second kappa shape index (κ2) is 11.3. The minimum Gasteiger partial charge on any atom is -0.489 e. The molecule has 0 aliphatic carbocycles. The summed E-state index contributed by atoms with van der Waals surface area (Å²) in [5.41, 5.74) is 15.3. The van der Waals surface area contributed by atoms with Gasteiger partial charge in [-0.2, -0.15) is 0 Å². The van der Waals surface area contributed by atoms with Gasteiger partial charge in [-0.25, -0.2) is 0 Å². The van der Waals surface area contributed by atoms with Crippen LogP contribution in [-0.2, 0) is 13.2 Å². The summed E-state index contributed by atoms with van der Waals surface area (Å²) >= 11 is 0. The molecule has 0 aliphatic heterocycles. The van der Waals surface area contributed by atoms with E-state index in [2.05, 4.69) is 85.4 Å². The SMILES string of the molecule is C[Si](c1ccccc1)(c1ccc(COc2ccc(N)cc2)cc1)c1ccc(COc2ccc(N)cc2)cc1. The summed E-state index contributed by atoms with van der Waals surface area (Å²) in [5, 5.41) is 4.08. The van der Waals surface area contributed by atoms with Gasteiger partial charge >= 0.3 is 0 Å². The van der Waals surface area contributed by atoms with E-state index >= 15 is 0 Å². The predicted molar refractivity (Wildman–Crippen MR) is 160 cm³/mol. The van der Waals surface area contributed by atoms with E-state index < -0.39 is 8.07 Å². The number of ether oxygens (including phenoxy) is 2. The van der Waals surface area contributed by atoms with Gasteiger partial charge in [0, 0.05) is 11.4 Å². The Morgan fingerprint density at radius 3 is 1.24 bits per heavy atom. The average Bonchev–Trinajstić information content (AvgIpc) is 2.97. The van der Waals surface area contributed by atoms with E-state index in [1.165, 1.54) is 15.6 Å². The van der Waals surface area contributed by atoms with Crippen molar-refractivity contribution in [3.05, 3.63) is 139 Å². The van der Waals surface area contributed by atoms with Crippen molar-refractivity contribution in [2.45, 2.75) is 19.8 Å². The molecular weight excluding hydrogens is 484 g/mol. The standard InChI is InChI=1S/C33H32N2O2Si/c1-38(31-5-3-2-4-6-31,32-19-7-25(8-20-32)23-36-29-15-11-27(34)12-16-29)33-21-9-26(10-22-33)24-37-30-17-13-28(35)14-18-30/h2-22H,23-24,34-35H2,1H3. The molecule has 0 aromatic heterocycles. The highest BCUT2D eigenvalue weighted by atomic mass is 28.3. The minimum atomic E-state index is -2.22. The molecule has 0 bridgehead atoms. The van der Waals surface area contributed by atoms with Gasteiger partial charge in [0.05, 0.1) is 0 Å². The van der Waals surface area contributed by atoms with Crippen molar-refractivity contribution in [3.63, 3.8) is 0 Å². The van der Waals surface area contributed by atoms with Gasteiger partial charge in [0.25, 0.3) is 0 Å². The van der Waals surface area contributed by atoms with Crippen molar-refractivity contribution in [3.8, 4) is 11.5 Å². The topological polar surface area (TPSA) is 70.5 Å². The smallest absolute Gasteiger partial charge is 0.145 e. The van der Waals surface area contributed by atoms with E-state index in [1.54, 1.807) is 0 Å². The van der Waals surface area contributed by atoms with Crippen LogP contribution in [0, 0.1) is 0 Å². The van der Waals surface area contributed by atoms with Crippen LogP contribution in [0.2, 0.25) is 6.55 Å². The molecule has 5 aromatic carbocycles. The summed E-state index contributed by atoms with van der Waals surface area (Å²) < 4.78 is 11.9. The molecule has 4 N–H and O–H groups in total. The Labute approximate surface area is 225 Å². The van der Waals surface area contributed by atoms with Gasteiger partial charge in [0.2, 0.25) is 0 Å². The number of rotatable bonds is 9. The molecule has 0 amide bonds. The van der Waals surface area contributed by atoms with Crippen LogP contribution in [0.1, 0.15) is 11.1 Å². The summed E-state index contributed by atoms with van der Waals surface area (Å²) in [5.74, 6) is 1.62. The second-order valence-corrected chi connectivity index (χ2v) is 13.6. The van der Waals surface area contributed by atoms with Crippen LogP contribution < -0.4 is 36.5 Å². The molecular formula is C33H32N2O2Si. The summed E-state index contributed by atoms with van der Waals surface area (Å²) in [6.07, 6.45) is 0. The predicted octanol–water partition coefficient (Wildman–Crippen LogP) is 5.11. The molecule has 0 saturated heterocycles. The molecule has 0 radical (unpaired) electrons. The highest BCUT2D eigenvalue weighted by molar-refractivity contribution is 7.10. The average molecular weight is 517 g/mol. The van der Waals surface area contributed by atoms with Gasteiger partial charge in [-0.1, -0.05) is 85.4 Å². The number of benzene rings is 5. The molecule has 0 spiro atoms. The maximum Gasteiger partial charge on any atom is 0.145 e. The van der Waals surface area contributed by atoms with Crippen LogP contribution in [-0.4, -0.2) is 8.07 Å². The third-order valence-electron chi connectivity index (χ3n) is 6.98. The quantitative estimate of drug-likeness (QED) is 0.162. The van der Waals surface area contributed by atoms with Crippen LogP contribution in [0.3, 0.4) is 0 Å². The zero-order valence-corrected chi connectivity index (χ0v) is 22.5. The van der Waals surface area contributed by atoms with Crippen LogP contribution in [0.4, 0.5) is 11.4 Å². The van der Waals surface area contributed by atoms with Gasteiger partial charge < -0.3 is 20.9 Å². The molecule has 4 nitrogen and oxygen atoms in total. The highest BCUT2D eigenvalue weighted by Gasteiger charge is 2.33. The van der Waals surface area contributed by atoms with E-state index in [0.717, 1.165) is 34.0 Å². The lowest BCUT2D eigenvalue weighted by atomic mass is 10.2. The molecule has 190 valence electrons. The zero-order chi connectivity index (χ0) is 26.4. The van der Waals surface area contributed by atoms with Gasteiger partial charge in [-0.15, -0.1) is 0 Å². The normalized spacial score (nSPS) is 11.2. The minimum absolute atomic E-state index is 0.510. The third kappa shape index (κ3) is 5.74. The summed E-state index contributed by atoms with van der Waals surface area (Å²) in [4.78, 5) is 0. The van der Waals surface area contributed by atoms with E-state index in [-0.39, 0.29) is 0 Å². The molecule has 0 aliphatic rings. The lowest BCUT2D eigenvalue weighted by Crippen LogP contribution is -2.64. The fraction of sp³-hybridized carbons (Fsp3) is 0.0909. The lowest BCUT2D eigenvalue weighted by molar-refractivity contribution is 0.306. The molecule has 5 aromatic rings. The number of hydrogen-bond donors (Lipinski definition) is 2. The number of nitrogens with two attached hydrogens (primary N) is 2. The Balaban J connectivity index is 1.36. The van der Waals surface area contributed by atoms with Crippen molar-refractivity contribution in [1.82, 2.24) is 0 Å². The van der Waals surface area contributed by atoms with Crippen LogP contribution in [0.25, 0.3) is 0 Å². The fourth-order valence-electron chi connectivity index (χ4n) is 4.60. The van der Waals surface area contributed by atoms with Gasteiger partial charge in [0.15, 0.2) is 0 Å². The summed E-state index contributed by atoms with van der Waals surface area (Å²) in [7, 11) is -2.22. The van der Waals surface area contributed by atoms with Crippen molar-refractivity contribution in [1.29, 1.82) is 0 Å². The first kappa shape index (κ1) is 25.2. The first-order valence-corrected chi connectivity index (χ1v) is 15.2. The third-order valence-corrected chi connectivity index (χ3v) is 11.4. The number of hydrogen-bond acceptors (Lipinski definition) is 4. The maximum atomic E-state index is 5.95. The van der Waals surface area contributed by atoms with Gasteiger partial charge in [0.1, 0.15) is 32.8 Å². The summed E-state index contributed by atoms with van der Waals surface area (Å²) in [6, 6.07) is 43.6. The summed E-state index contributed by atoms with van der Waals surface area (Å²) in [6.45, 7) is 3.44. The van der Waals surface area contributed by atoms with Crippen molar-refractivity contribution >= 4 is 35.0 Å². The van der Waals surface area contributed by atoms with Gasteiger partial charge in [-0.3, -0.25) is 0 Å². The van der Waals surface area contributed by atoms with E-state index in [1.807, 2.05) is 48.5 Å². The number of anilines is 2. The Bertz CT molecular complexity index is 1360. The van der Waals surface area contributed by atoms with Crippen molar-refractivity contribution in [2.75, 3.05) is 11.5 Å². The molecule has 5 rings (SSSR count). The maximum absolute atomic E-state index is 5.95. The zero-order valence-electron chi connectivity index (χ0n) is 21.5. The molecule has 0 atom stereocenters. The first-order chi connectivity index (χ1) is 18.5. The molecule has 5 heteroatoms.